The summed E-state index contributed by atoms with van der Waals surface area (Å²) in [6.07, 6.45) is 6.83. The van der Waals surface area contributed by atoms with Crippen LogP contribution in [0.25, 0.3) is 0 Å². The first-order valence-electron chi connectivity index (χ1n) is 8.03. The molecule has 1 aromatic heterocycles. The molecule has 0 amide bonds. The van der Waals surface area contributed by atoms with E-state index in [9.17, 15) is 0 Å². The summed E-state index contributed by atoms with van der Waals surface area (Å²) < 4.78 is 0. The third-order valence-electron chi connectivity index (χ3n) is 5.33. The third-order valence-corrected chi connectivity index (χ3v) is 6.07. The van der Waals surface area contributed by atoms with Gasteiger partial charge >= 0.3 is 0 Å². The molecule has 20 heavy (non-hydrogen) atoms. The highest BCUT2D eigenvalue weighted by molar-refractivity contribution is 7.07. The molecular weight excluding hydrogens is 266 g/mol. The van der Waals surface area contributed by atoms with E-state index in [-0.39, 0.29) is 5.54 Å². The lowest BCUT2D eigenvalue weighted by Crippen LogP contribution is -2.56. The highest BCUT2D eigenvalue weighted by Crippen LogP contribution is 2.41. The average molecular weight is 291 g/mol. The Morgan fingerprint density at radius 2 is 2.20 bits per heavy atom. The standard InChI is InChI=1S/C16H25N3S/c17-11-16(6-7-18(12-16)14-1-2-14)19(15-3-4-15)9-13-5-8-20-10-13/h5,8,10,14-15H,1-4,6-7,9,11-12,17H2. The quantitative estimate of drug-likeness (QED) is 0.873. The lowest BCUT2D eigenvalue weighted by Gasteiger charge is -2.41. The van der Waals surface area contributed by atoms with Crippen LogP contribution in [0.3, 0.4) is 0 Å². The molecule has 2 saturated carbocycles. The number of thiophene rings is 1. The molecule has 1 aromatic rings. The van der Waals surface area contributed by atoms with Gasteiger partial charge in [0.05, 0.1) is 0 Å². The van der Waals surface area contributed by atoms with E-state index in [1.807, 2.05) is 11.3 Å². The fourth-order valence-electron chi connectivity index (χ4n) is 3.81. The molecule has 3 nitrogen and oxygen atoms in total. The number of nitrogens with two attached hydrogens (primary N) is 1. The summed E-state index contributed by atoms with van der Waals surface area (Å²) in [4.78, 5) is 5.47. The zero-order valence-corrected chi connectivity index (χ0v) is 12.9. The fraction of sp³-hybridized carbons (Fsp3) is 0.750. The molecule has 1 atom stereocenters. The lowest BCUT2D eigenvalue weighted by atomic mass is 9.95. The van der Waals surface area contributed by atoms with Gasteiger partial charge in [0.15, 0.2) is 0 Å². The van der Waals surface area contributed by atoms with E-state index in [1.54, 1.807) is 0 Å². The zero-order valence-electron chi connectivity index (χ0n) is 12.1. The minimum absolute atomic E-state index is 0.242. The van der Waals surface area contributed by atoms with Gasteiger partial charge in [-0.25, -0.2) is 0 Å². The Kier molecular flexibility index (Phi) is 3.38. The van der Waals surface area contributed by atoms with Crippen LogP contribution >= 0.6 is 11.3 Å². The maximum Gasteiger partial charge on any atom is 0.0477 e. The molecule has 2 aliphatic carbocycles. The summed E-state index contributed by atoms with van der Waals surface area (Å²) in [5.41, 5.74) is 7.99. The van der Waals surface area contributed by atoms with Gasteiger partial charge < -0.3 is 5.73 Å². The van der Waals surface area contributed by atoms with Gasteiger partial charge in [0, 0.05) is 43.8 Å². The van der Waals surface area contributed by atoms with Crippen LogP contribution in [0.4, 0.5) is 0 Å². The Labute approximate surface area is 125 Å². The second-order valence-electron chi connectivity index (χ2n) is 6.87. The van der Waals surface area contributed by atoms with Crippen LogP contribution in [0, 0.1) is 0 Å². The number of likely N-dealkylation sites (tertiary alicyclic amines) is 1. The first kappa shape index (κ1) is 13.3. The molecule has 2 heterocycles. The Morgan fingerprint density at radius 3 is 2.80 bits per heavy atom. The van der Waals surface area contributed by atoms with E-state index >= 15 is 0 Å². The average Bonchev–Trinajstić information content (AvgIpc) is 3.40. The molecule has 4 rings (SSSR count). The first-order valence-corrected chi connectivity index (χ1v) is 8.97. The van der Waals surface area contributed by atoms with Gasteiger partial charge in [0.2, 0.25) is 0 Å². The molecule has 3 aliphatic rings. The predicted molar refractivity (Wildman–Crippen MR) is 83.9 cm³/mol. The summed E-state index contributed by atoms with van der Waals surface area (Å²) in [7, 11) is 0. The molecule has 0 bridgehead atoms. The third kappa shape index (κ3) is 2.43. The van der Waals surface area contributed by atoms with E-state index < -0.39 is 0 Å². The second-order valence-corrected chi connectivity index (χ2v) is 7.65. The van der Waals surface area contributed by atoms with Crippen LogP contribution in [0.15, 0.2) is 16.8 Å². The van der Waals surface area contributed by atoms with Gasteiger partial charge in [-0.3, -0.25) is 9.80 Å². The molecule has 0 spiro atoms. The fourth-order valence-corrected chi connectivity index (χ4v) is 4.47. The molecule has 1 unspecified atom stereocenters. The van der Waals surface area contributed by atoms with E-state index in [0.717, 1.165) is 25.2 Å². The smallest absolute Gasteiger partial charge is 0.0477 e. The second kappa shape index (κ2) is 5.09. The number of hydrogen-bond acceptors (Lipinski definition) is 4. The summed E-state index contributed by atoms with van der Waals surface area (Å²) in [6, 6.07) is 3.95. The summed E-state index contributed by atoms with van der Waals surface area (Å²) in [6.45, 7) is 4.38. The van der Waals surface area contributed by atoms with Gasteiger partial charge in [0.1, 0.15) is 0 Å². The predicted octanol–water partition coefficient (Wildman–Crippen LogP) is 2.28. The van der Waals surface area contributed by atoms with Gasteiger partial charge in [-0.05, 0) is 54.5 Å². The van der Waals surface area contributed by atoms with Crippen molar-refractivity contribution in [3.63, 3.8) is 0 Å². The molecule has 2 N–H and O–H groups in total. The van der Waals surface area contributed by atoms with Crippen molar-refractivity contribution in [1.29, 1.82) is 0 Å². The lowest BCUT2D eigenvalue weighted by molar-refractivity contribution is 0.0805. The van der Waals surface area contributed by atoms with Crippen LogP contribution in [0.1, 0.15) is 37.7 Å². The number of rotatable bonds is 6. The van der Waals surface area contributed by atoms with Gasteiger partial charge in [-0.1, -0.05) is 0 Å². The Hall–Kier alpha value is -0.420. The van der Waals surface area contributed by atoms with E-state index in [0.29, 0.717) is 0 Å². The molecule has 1 saturated heterocycles. The maximum atomic E-state index is 6.28. The Balaban J connectivity index is 1.53. The topological polar surface area (TPSA) is 32.5 Å². The maximum absolute atomic E-state index is 6.28. The molecule has 0 aromatic carbocycles. The SMILES string of the molecule is NCC1(N(Cc2ccsc2)C2CC2)CCN(C2CC2)C1. The first-order chi connectivity index (χ1) is 9.81. The summed E-state index contributed by atoms with van der Waals surface area (Å²) in [5, 5.41) is 4.49. The van der Waals surface area contributed by atoms with Crippen molar-refractivity contribution < 1.29 is 0 Å². The molecule has 0 radical (unpaired) electrons. The van der Waals surface area contributed by atoms with Crippen LogP contribution in [-0.4, -0.2) is 47.1 Å². The Bertz CT molecular complexity index is 452. The van der Waals surface area contributed by atoms with Crippen molar-refractivity contribution in [2.45, 2.75) is 56.3 Å². The van der Waals surface area contributed by atoms with Gasteiger partial charge in [-0.15, -0.1) is 0 Å². The largest absolute Gasteiger partial charge is 0.329 e. The van der Waals surface area contributed by atoms with Crippen LogP contribution < -0.4 is 5.73 Å². The van der Waals surface area contributed by atoms with E-state index in [2.05, 4.69) is 26.6 Å². The molecule has 4 heteroatoms. The van der Waals surface area contributed by atoms with Gasteiger partial charge in [0.25, 0.3) is 0 Å². The minimum Gasteiger partial charge on any atom is -0.329 e. The van der Waals surface area contributed by atoms with Crippen molar-refractivity contribution in [3.05, 3.63) is 22.4 Å². The van der Waals surface area contributed by atoms with Crippen LogP contribution in [0.5, 0.6) is 0 Å². The summed E-state index contributed by atoms with van der Waals surface area (Å²) >= 11 is 1.81. The van der Waals surface area contributed by atoms with E-state index in [1.165, 1.54) is 50.8 Å². The normalized spacial score (nSPS) is 31.3. The number of hydrogen-bond donors (Lipinski definition) is 1. The van der Waals surface area contributed by atoms with Crippen LogP contribution in [-0.2, 0) is 6.54 Å². The molecule has 110 valence electrons. The van der Waals surface area contributed by atoms with Crippen molar-refractivity contribution in [2.24, 2.45) is 5.73 Å². The van der Waals surface area contributed by atoms with E-state index in [4.69, 9.17) is 5.73 Å². The van der Waals surface area contributed by atoms with Crippen molar-refractivity contribution >= 4 is 11.3 Å². The highest BCUT2D eigenvalue weighted by Gasteiger charge is 2.49. The number of nitrogens with zero attached hydrogens (tertiary/aromatic N) is 2. The molecular formula is C16H25N3S. The van der Waals surface area contributed by atoms with Crippen LogP contribution in [0.2, 0.25) is 0 Å². The zero-order chi connectivity index (χ0) is 13.6. The highest BCUT2D eigenvalue weighted by atomic mass is 32.1. The molecule has 3 fully saturated rings. The van der Waals surface area contributed by atoms with Crippen molar-refractivity contribution in [2.75, 3.05) is 19.6 Å². The van der Waals surface area contributed by atoms with Crippen molar-refractivity contribution in [1.82, 2.24) is 9.80 Å². The minimum atomic E-state index is 0.242. The van der Waals surface area contributed by atoms with Gasteiger partial charge in [-0.2, -0.15) is 11.3 Å². The monoisotopic (exact) mass is 291 g/mol. The molecule has 1 aliphatic heterocycles. The summed E-state index contributed by atoms with van der Waals surface area (Å²) in [5.74, 6) is 0. The van der Waals surface area contributed by atoms with Crippen molar-refractivity contribution in [3.8, 4) is 0 Å². The Morgan fingerprint density at radius 1 is 1.35 bits per heavy atom.